The van der Waals surface area contributed by atoms with Crippen molar-refractivity contribution < 1.29 is 14.4 Å². The Balaban J connectivity index is 2.95. The number of nitrogens with zero attached hydrogens (tertiary/aromatic N) is 3. The van der Waals surface area contributed by atoms with E-state index in [0.717, 1.165) is 0 Å². The lowest BCUT2D eigenvalue weighted by Gasteiger charge is -2.18. The van der Waals surface area contributed by atoms with Gasteiger partial charge in [0, 0.05) is 12.4 Å². The summed E-state index contributed by atoms with van der Waals surface area (Å²) in [4.78, 5) is 44.4. The smallest absolute Gasteiger partial charge is 0.294 e. The summed E-state index contributed by atoms with van der Waals surface area (Å²) in [7, 11) is 1.38. The van der Waals surface area contributed by atoms with Crippen molar-refractivity contribution in [2.45, 2.75) is 33.2 Å². The number of rotatable bonds is 10. The highest BCUT2D eigenvalue weighted by Crippen LogP contribution is 2.09. The highest BCUT2D eigenvalue weighted by Gasteiger charge is 2.21. The SMILES string of the molecule is CCC(C(=O)NCC(C)=O)n1ccnc(NCC(=N)/C(C)=N\OC)c1=O. The number of Topliss-reactive ketones (excluding diaryl/α,β-unsaturated/α-hetero) is 1. The predicted octanol–water partition coefficient (Wildman–Crippen LogP) is 0.354. The van der Waals surface area contributed by atoms with Crippen LogP contribution in [0.25, 0.3) is 0 Å². The van der Waals surface area contributed by atoms with Gasteiger partial charge in [0.2, 0.25) is 5.91 Å². The zero-order chi connectivity index (χ0) is 19.7. The second-order valence-electron chi connectivity index (χ2n) is 5.52. The highest BCUT2D eigenvalue weighted by molar-refractivity contribution is 6.41. The lowest BCUT2D eigenvalue weighted by molar-refractivity contribution is -0.127. The molecule has 0 fully saturated rings. The lowest BCUT2D eigenvalue weighted by atomic mass is 10.2. The fourth-order valence-corrected chi connectivity index (χ4v) is 2.12. The van der Waals surface area contributed by atoms with E-state index in [2.05, 4.69) is 25.6 Å². The van der Waals surface area contributed by atoms with Crippen molar-refractivity contribution in [2.24, 2.45) is 5.16 Å². The molecule has 0 spiro atoms. The van der Waals surface area contributed by atoms with Crippen LogP contribution in [0.5, 0.6) is 0 Å². The van der Waals surface area contributed by atoms with Gasteiger partial charge in [-0.05, 0) is 20.3 Å². The van der Waals surface area contributed by atoms with Gasteiger partial charge < -0.3 is 20.9 Å². The van der Waals surface area contributed by atoms with Crippen LogP contribution >= 0.6 is 0 Å². The van der Waals surface area contributed by atoms with Gasteiger partial charge in [-0.2, -0.15) is 0 Å². The summed E-state index contributed by atoms with van der Waals surface area (Å²) in [6, 6.07) is -0.762. The Hall–Kier alpha value is -3.04. The monoisotopic (exact) mass is 364 g/mol. The molecule has 3 N–H and O–H groups in total. The Bertz CT molecular complexity index is 755. The topological polar surface area (TPSA) is 139 Å². The zero-order valence-electron chi connectivity index (χ0n) is 15.3. The van der Waals surface area contributed by atoms with Gasteiger partial charge in [0.05, 0.1) is 24.5 Å². The molecule has 0 aliphatic rings. The zero-order valence-corrected chi connectivity index (χ0v) is 15.3. The average molecular weight is 364 g/mol. The lowest BCUT2D eigenvalue weighted by Crippen LogP contribution is -2.39. The standard InChI is InChI=1S/C16H24N6O4/c1-5-13(15(24)20-8-10(2)23)22-7-6-18-14(16(22)25)19-9-12(17)11(3)21-26-4/h6-7,13,17H,5,8-9H2,1-4H3,(H,18,19)(H,20,24)/b17-12?,21-11-. The third-order valence-corrected chi connectivity index (χ3v) is 3.50. The van der Waals surface area contributed by atoms with E-state index in [9.17, 15) is 14.4 Å². The van der Waals surface area contributed by atoms with Crippen molar-refractivity contribution in [1.29, 1.82) is 5.41 Å². The van der Waals surface area contributed by atoms with E-state index < -0.39 is 17.5 Å². The van der Waals surface area contributed by atoms with E-state index in [1.165, 1.54) is 31.0 Å². The van der Waals surface area contributed by atoms with Crippen LogP contribution in [0.3, 0.4) is 0 Å². The number of ketones is 1. The van der Waals surface area contributed by atoms with Crippen LogP contribution in [-0.4, -0.2) is 52.9 Å². The minimum atomic E-state index is -0.762. The third-order valence-electron chi connectivity index (χ3n) is 3.50. The van der Waals surface area contributed by atoms with E-state index in [-0.39, 0.29) is 30.4 Å². The summed E-state index contributed by atoms with van der Waals surface area (Å²) in [6.45, 7) is 4.68. The molecular weight excluding hydrogens is 340 g/mol. The Labute approximate surface area is 151 Å². The molecule has 0 radical (unpaired) electrons. The van der Waals surface area contributed by atoms with Crippen molar-refractivity contribution >= 4 is 28.9 Å². The van der Waals surface area contributed by atoms with Crippen LogP contribution in [0, 0.1) is 5.41 Å². The van der Waals surface area contributed by atoms with Gasteiger partial charge in [-0.25, -0.2) is 4.98 Å². The van der Waals surface area contributed by atoms with E-state index in [1.807, 2.05) is 0 Å². The predicted molar refractivity (Wildman–Crippen MR) is 97.9 cm³/mol. The first-order valence-corrected chi connectivity index (χ1v) is 8.05. The highest BCUT2D eigenvalue weighted by atomic mass is 16.6. The third kappa shape index (κ3) is 5.80. The maximum absolute atomic E-state index is 12.6. The van der Waals surface area contributed by atoms with E-state index >= 15 is 0 Å². The van der Waals surface area contributed by atoms with Crippen LogP contribution in [0.2, 0.25) is 0 Å². The summed E-state index contributed by atoms with van der Waals surface area (Å²) < 4.78 is 1.25. The fourth-order valence-electron chi connectivity index (χ4n) is 2.12. The number of oxime groups is 1. The normalized spacial score (nSPS) is 12.2. The number of hydrogen-bond donors (Lipinski definition) is 3. The summed E-state index contributed by atoms with van der Waals surface area (Å²) in [5.74, 6) is -0.581. The summed E-state index contributed by atoms with van der Waals surface area (Å²) >= 11 is 0. The van der Waals surface area contributed by atoms with Gasteiger partial charge in [0.15, 0.2) is 5.82 Å². The summed E-state index contributed by atoms with van der Waals surface area (Å²) in [6.07, 6.45) is 3.17. The minimum Gasteiger partial charge on any atom is -0.399 e. The van der Waals surface area contributed by atoms with Gasteiger partial charge in [-0.3, -0.25) is 19.0 Å². The quantitative estimate of drug-likeness (QED) is 0.404. The van der Waals surface area contributed by atoms with Crippen LogP contribution in [0.4, 0.5) is 5.82 Å². The molecule has 1 aromatic heterocycles. The molecule has 1 aromatic rings. The van der Waals surface area contributed by atoms with Crippen LogP contribution in [-0.2, 0) is 14.4 Å². The average Bonchev–Trinajstić information content (AvgIpc) is 2.60. The van der Waals surface area contributed by atoms with Gasteiger partial charge in [-0.15, -0.1) is 0 Å². The minimum absolute atomic E-state index is 0.0142. The molecule has 26 heavy (non-hydrogen) atoms. The van der Waals surface area contributed by atoms with Crippen molar-refractivity contribution in [3.8, 4) is 0 Å². The number of aromatic nitrogens is 2. The van der Waals surface area contributed by atoms with Crippen molar-refractivity contribution in [3.05, 3.63) is 22.7 Å². The first-order chi connectivity index (χ1) is 12.3. The van der Waals surface area contributed by atoms with Gasteiger partial charge in [0.25, 0.3) is 5.56 Å². The van der Waals surface area contributed by atoms with Crippen LogP contribution < -0.4 is 16.2 Å². The first kappa shape index (κ1) is 21.0. The Morgan fingerprint density at radius 2 is 2.08 bits per heavy atom. The largest absolute Gasteiger partial charge is 0.399 e. The first-order valence-electron chi connectivity index (χ1n) is 8.05. The molecule has 1 heterocycles. The number of nitrogens with one attached hydrogen (secondary N) is 3. The second-order valence-corrected chi connectivity index (χ2v) is 5.52. The molecule has 142 valence electrons. The van der Waals surface area contributed by atoms with Crippen molar-refractivity contribution in [3.63, 3.8) is 0 Å². The molecule has 0 saturated carbocycles. The molecular formula is C16H24N6O4. The van der Waals surface area contributed by atoms with Gasteiger partial charge >= 0.3 is 0 Å². The van der Waals surface area contributed by atoms with Gasteiger partial charge in [0.1, 0.15) is 18.9 Å². The summed E-state index contributed by atoms with van der Waals surface area (Å²) in [5.41, 5.74) is 0.00690. The Morgan fingerprint density at radius 1 is 1.38 bits per heavy atom. The maximum atomic E-state index is 12.6. The molecule has 1 rings (SSSR count). The molecule has 0 aromatic carbocycles. The number of carbonyl (C=O) groups is 2. The van der Waals surface area contributed by atoms with Crippen molar-refractivity contribution in [2.75, 3.05) is 25.5 Å². The van der Waals surface area contributed by atoms with Crippen LogP contribution in [0.15, 0.2) is 22.3 Å². The van der Waals surface area contributed by atoms with E-state index in [1.54, 1.807) is 13.8 Å². The second kappa shape index (κ2) is 10.1. The molecule has 10 nitrogen and oxygen atoms in total. The molecule has 0 aliphatic heterocycles. The molecule has 1 atom stereocenters. The molecule has 0 aliphatic carbocycles. The molecule has 0 bridgehead atoms. The van der Waals surface area contributed by atoms with E-state index in [4.69, 9.17) is 5.41 Å². The molecule has 0 saturated heterocycles. The Morgan fingerprint density at radius 3 is 2.65 bits per heavy atom. The number of carbonyl (C=O) groups excluding carboxylic acids is 2. The summed E-state index contributed by atoms with van der Waals surface area (Å²) in [5, 5.41) is 16.8. The van der Waals surface area contributed by atoms with Crippen LogP contribution in [0.1, 0.15) is 33.2 Å². The maximum Gasteiger partial charge on any atom is 0.294 e. The van der Waals surface area contributed by atoms with Crippen molar-refractivity contribution in [1.82, 2.24) is 14.9 Å². The fraction of sp³-hybridized carbons (Fsp3) is 0.500. The molecule has 1 unspecified atom stereocenters. The Kier molecular flexibility index (Phi) is 8.13. The molecule has 10 heteroatoms. The van der Waals surface area contributed by atoms with E-state index in [0.29, 0.717) is 12.1 Å². The number of amides is 1. The molecule has 1 amide bonds. The number of anilines is 1. The number of hydrogen-bond acceptors (Lipinski definition) is 8. The van der Waals surface area contributed by atoms with Gasteiger partial charge in [-0.1, -0.05) is 12.1 Å².